The average Bonchev–Trinajstić information content (AvgIpc) is 2.88. The van der Waals surface area contributed by atoms with E-state index in [0.29, 0.717) is 11.3 Å². The third-order valence-corrected chi connectivity index (χ3v) is 3.39. The number of aromatic nitrogens is 3. The minimum atomic E-state index is -1.04. The van der Waals surface area contributed by atoms with E-state index in [1.54, 1.807) is 13.1 Å². The van der Waals surface area contributed by atoms with Crippen LogP contribution in [0, 0.1) is 6.92 Å². The van der Waals surface area contributed by atoms with Gasteiger partial charge in [0.05, 0.1) is 12.6 Å². The molecule has 0 unspecified atom stereocenters. The number of carboxylic acid groups (broad SMARTS) is 1. The molecule has 2 heterocycles. The Morgan fingerprint density at radius 2 is 2.05 bits per heavy atom. The number of aromatic amines is 1. The normalized spacial score (nSPS) is 10.9. The van der Waals surface area contributed by atoms with Crippen LogP contribution < -0.4 is 5.56 Å². The summed E-state index contributed by atoms with van der Waals surface area (Å²) in [5.74, 6) is -1.04. The molecule has 2 N–H and O–H groups in total. The summed E-state index contributed by atoms with van der Waals surface area (Å²) in [7, 11) is 0. The van der Waals surface area contributed by atoms with Gasteiger partial charge < -0.3 is 10.1 Å². The first-order chi connectivity index (χ1) is 10.1. The van der Waals surface area contributed by atoms with Crippen LogP contribution >= 0.6 is 0 Å². The summed E-state index contributed by atoms with van der Waals surface area (Å²) >= 11 is 0. The quantitative estimate of drug-likeness (QED) is 0.764. The Labute approximate surface area is 119 Å². The molecule has 6 heteroatoms. The summed E-state index contributed by atoms with van der Waals surface area (Å²) in [6.07, 6.45) is 1.28. The van der Waals surface area contributed by atoms with Crippen LogP contribution in [0.4, 0.5) is 0 Å². The lowest BCUT2D eigenvalue weighted by molar-refractivity contribution is -0.136. The van der Waals surface area contributed by atoms with Gasteiger partial charge in [0, 0.05) is 16.8 Å². The SMILES string of the molecule is Cc1[nH]c2c(-c3ccccc3)cnn2c(=O)c1CC(=O)O. The number of carboxylic acids is 1. The molecule has 0 aliphatic rings. The lowest BCUT2D eigenvalue weighted by Gasteiger charge is -2.05. The number of fused-ring (bicyclic) bond motifs is 1. The minimum Gasteiger partial charge on any atom is -0.481 e. The van der Waals surface area contributed by atoms with Crippen molar-refractivity contribution in [1.29, 1.82) is 0 Å². The minimum absolute atomic E-state index is 0.220. The number of aryl methyl sites for hydroxylation is 1. The first-order valence-corrected chi connectivity index (χ1v) is 6.44. The number of benzene rings is 1. The fourth-order valence-corrected chi connectivity index (χ4v) is 2.35. The van der Waals surface area contributed by atoms with E-state index in [9.17, 15) is 9.59 Å². The van der Waals surface area contributed by atoms with Gasteiger partial charge in [0.1, 0.15) is 5.65 Å². The third kappa shape index (κ3) is 2.20. The number of nitrogens with one attached hydrogen (secondary N) is 1. The monoisotopic (exact) mass is 283 g/mol. The summed E-state index contributed by atoms with van der Waals surface area (Å²) in [5.41, 5.74) is 2.68. The van der Waals surface area contributed by atoms with Crippen molar-refractivity contribution in [3.63, 3.8) is 0 Å². The molecule has 0 amide bonds. The van der Waals surface area contributed by atoms with Crippen molar-refractivity contribution in [2.45, 2.75) is 13.3 Å². The molecule has 21 heavy (non-hydrogen) atoms. The van der Waals surface area contributed by atoms with Gasteiger partial charge in [-0.3, -0.25) is 9.59 Å². The lowest BCUT2D eigenvalue weighted by Crippen LogP contribution is -2.23. The van der Waals surface area contributed by atoms with Gasteiger partial charge in [0.15, 0.2) is 0 Å². The van der Waals surface area contributed by atoms with Crippen LogP contribution in [0.3, 0.4) is 0 Å². The van der Waals surface area contributed by atoms with E-state index in [2.05, 4.69) is 10.1 Å². The van der Waals surface area contributed by atoms with Crippen LogP contribution in [-0.2, 0) is 11.2 Å². The van der Waals surface area contributed by atoms with Gasteiger partial charge in [-0.2, -0.15) is 9.61 Å². The van der Waals surface area contributed by atoms with E-state index in [0.717, 1.165) is 11.1 Å². The molecule has 0 saturated heterocycles. The van der Waals surface area contributed by atoms with E-state index in [1.807, 2.05) is 30.3 Å². The molecule has 3 rings (SSSR count). The molecule has 106 valence electrons. The molecule has 6 nitrogen and oxygen atoms in total. The Hall–Kier alpha value is -2.89. The third-order valence-electron chi connectivity index (χ3n) is 3.39. The number of nitrogens with zero attached hydrogens (tertiary/aromatic N) is 2. The molecule has 0 aliphatic carbocycles. The lowest BCUT2D eigenvalue weighted by atomic mass is 10.1. The predicted octanol–water partition coefficient (Wildman–Crippen LogP) is 1.63. The van der Waals surface area contributed by atoms with Crippen molar-refractivity contribution in [3.8, 4) is 11.1 Å². The molecule has 0 aliphatic heterocycles. The van der Waals surface area contributed by atoms with E-state index in [-0.39, 0.29) is 12.0 Å². The zero-order valence-corrected chi connectivity index (χ0v) is 11.3. The Balaban J connectivity index is 2.25. The molecule has 2 aromatic heterocycles. The van der Waals surface area contributed by atoms with Gasteiger partial charge >= 0.3 is 5.97 Å². The molecule has 3 aromatic rings. The number of aliphatic carboxylic acids is 1. The smallest absolute Gasteiger partial charge is 0.308 e. The van der Waals surface area contributed by atoms with Gasteiger partial charge in [-0.25, -0.2) is 0 Å². The topological polar surface area (TPSA) is 87.5 Å². The zero-order chi connectivity index (χ0) is 15.0. The Morgan fingerprint density at radius 1 is 1.33 bits per heavy atom. The maximum absolute atomic E-state index is 12.3. The Kier molecular flexibility index (Phi) is 3.06. The second-order valence-corrected chi connectivity index (χ2v) is 4.79. The zero-order valence-electron chi connectivity index (χ0n) is 11.3. The maximum Gasteiger partial charge on any atom is 0.308 e. The average molecular weight is 283 g/mol. The molecule has 0 saturated carbocycles. The largest absolute Gasteiger partial charge is 0.481 e. The molecular formula is C15H13N3O3. The summed E-state index contributed by atoms with van der Waals surface area (Å²) < 4.78 is 1.22. The summed E-state index contributed by atoms with van der Waals surface area (Å²) in [6.45, 7) is 1.70. The standard InChI is InChI=1S/C15H13N3O3/c1-9-11(7-13(19)20)15(21)18-14(17-9)12(8-16-18)10-5-3-2-4-6-10/h2-6,8,17H,7H2,1H3,(H,19,20). The molecule has 0 radical (unpaired) electrons. The van der Waals surface area contributed by atoms with Crippen molar-refractivity contribution in [2.24, 2.45) is 0 Å². The van der Waals surface area contributed by atoms with Gasteiger partial charge in [0.2, 0.25) is 0 Å². The fourth-order valence-electron chi connectivity index (χ4n) is 2.35. The highest BCUT2D eigenvalue weighted by Crippen LogP contribution is 2.22. The number of hydrogen-bond donors (Lipinski definition) is 2. The van der Waals surface area contributed by atoms with Crippen molar-refractivity contribution < 1.29 is 9.90 Å². The molecule has 0 atom stereocenters. The van der Waals surface area contributed by atoms with Crippen LogP contribution in [0.15, 0.2) is 41.3 Å². The van der Waals surface area contributed by atoms with E-state index >= 15 is 0 Å². The Bertz CT molecular complexity index is 878. The molecule has 0 fully saturated rings. The second kappa shape index (κ2) is 4.90. The van der Waals surface area contributed by atoms with Crippen molar-refractivity contribution in [1.82, 2.24) is 14.6 Å². The predicted molar refractivity (Wildman–Crippen MR) is 77.3 cm³/mol. The van der Waals surface area contributed by atoms with Crippen LogP contribution in [0.25, 0.3) is 16.8 Å². The van der Waals surface area contributed by atoms with E-state index in [4.69, 9.17) is 5.11 Å². The second-order valence-electron chi connectivity index (χ2n) is 4.79. The van der Waals surface area contributed by atoms with Crippen molar-refractivity contribution in [3.05, 3.63) is 58.1 Å². The Morgan fingerprint density at radius 3 is 2.71 bits per heavy atom. The molecular weight excluding hydrogens is 270 g/mol. The molecule has 0 bridgehead atoms. The highest BCUT2D eigenvalue weighted by atomic mass is 16.4. The van der Waals surface area contributed by atoms with Crippen LogP contribution in [-0.4, -0.2) is 25.7 Å². The van der Waals surface area contributed by atoms with Crippen LogP contribution in [0.1, 0.15) is 11.3 Å². The summed E-state index contributed by atoms with van der Waals surface area (Å²) in [5, 5.41) is 13.0. The van der Waals surface area contributed by atoms with E-state index < -0.39 is 11.5 Å². The number of rotatable bonds is 3. The fraction of sp³-hybridized carbons (Fsp3) is 0.133. The number of carbonyl (C=O) groups is 1. The summed E-state index contributed by atoms with van der Waals surface area (Å²) in [6, 6.07) is 9.57. The van der Waals surface area contributed by atoms with Gasteiger partial charge in [-0.1, -0.05) is 30.3 Å². The van der Waals surface area contributed by atoms with E-state index in [1.165, 1.54) is 4.52 Å². The maximum atomic E-state index is 12.3. The van der Waals surface area contributed by atoms with Crippen molar-refractivity contribution >= 4 is 11.6 Å². The summed E-state index contributed by atoms with van der Waals surface area (Å²) in [4.78, 5) is 26.3. The van der Waals surface area contributed by atoms with Gasteiger partial charge in [-0.15, -0.1) is 0 Å². The molecule has 1 aromatic carbocycles. The van der Waals surface area contributed by atoms with Crippen LogP contribution in [0.2, 0.25) is 0 Å². The van der Waals surface area contributed by atoms with Crippen molar-refractivity contribution in [2.75, 3.05) is 0 Å². The van der Waals surface area contributed by atoms with Crippen LogP contribution in [0.5, 0.6) is 0 Å². The highest BCUT2D eigenvalue weighted by Gasteiger charge is 2.16. The number of hydrogen-bond acceptors (Lipinski definition) is 3. The molecule has 0 spiro atoms. The number of H-pyrrole nitrogens is 1. The first-order valence-electron chi connectivity index (χ1n) is 6.44. The van der Waals surface area contributed by atoms with Gasteiger partial charge in [-0.05, 0) is 12.5 Å². The first kappa shape index (κ1) is 13.1. The highest BCUT2D eigenvalue weighted by molar-refractivity contribution is 5.77. The van der Waals surface area contributed by atoms with Gasteiger partial charge in [0.25, 0.3) is 5.56 Å².